The fourth-order valence-electron chi connectivity index (χ4n) is 3.55. The first-order valence-electron chi connectivity index (χ1n) is 9.41. The van der Waals surface area contributed by atoms with Gasteiger partial charge in [-0.2, -0.15) is 0 Å². The van der Waals surface area contributed by atoms with E-state index in [1.54, 1.807) is 0 Å². The van der Waals surface area contributed by atoms with Crippen LogP contribution in [-0.4, -0.2) is 23.1 Å². The highest BCUT2D eigenvalue weighted by molar-refractivity contribution is 5.83. The minimum absolute atomic E-state index is 0.0482. The lowest BCUT2D eigenvalue weighted by Crippen LogP contribution is -2.37. The second-order valence-corrected chi connectivity index (χ2v) is 8.79. The lowest BCUT2D eigenvalue weighted by Gasteiger charge is -2.31. The molecule has 26 heavy (non-hydrogen) atoms. The molecule has 0 radical (unpaired) electrons. The number of hydrogen-bond acceptors (Lipinski definition) is 3. The van der Waals surface area contributed by atoms with Crippen molar-refractivity contribution in [2.75, 3.05) is 0 Å². The summed E-state index contributed by atoms with van der Waals surface area (Å²) in [6, 6.07) is 5.65. The maximum atomic E-state index is 13.9. The van der Waals surface area contributed by atoms with Gasteiger partial charge in [-0.15, -0.1) is 0 Å². The van der Waals surface area contributed by atoms with Gasteiger partial charge in [0.2, 0.25) is 11.5 Å². The molecule has 0 amide bonds. The topological polar surface area (TPSA) is 35.5 Å². The molecule has 2 saturated carbocycles. The molecule has 2 fully saturated rings. The molecule has 0 aliphatic heterocycles. The summed E-state index contributed by atoms with van der Waals surface area (Å²) in [6.07, 6.45) is 2.20. The third-order valence-electron chi connectivity index (χ3n) is 5.03. The molecule has 0 heterocycles. The van der Waals surface area contributed by atoms with Gasteiger partial charge in [-0.1, -0.05) is 12.1 Å². The second kappa shape index (κ2) is 6.50. The Balaban J connectivity index is 1.84. The van der Waals surface area contributed by atoms with E-state index in [1.807, 2.05) is 45.9 Å². The molecule has 0 N–H and O–H groups in total. The van der Waals surface area contributed by atoms with E-state index in [4.69, 9.17) is 9.47 Å². The van der Waals surface area contributed by atoms with E-state index in [0.29, 0.717) is 31.4 Å². The monoisotopic (exact) mass is 366 g/mol. The number of hydrogen-bond donors (Lipinski definition) is 0. The van der Waals surface area contributed by atoms with Gasteiger partial charge < -0.3 is 9.47 Å². The van der Waals surface area contributed by atoms with Crippen LogP contribution < -0.4 is 4.74 Å². The van der Waals surface area contributed by atoms with Crippen LogP contribution in [0.1, 0.15) is 76.3 Å². The van der Waals surface area contributed by atoms with Gasteiger partial charge in [0.25, 0.3) is 0 Å². The van der Waals surface area contributed by atoms with Crippen molar-refractivity contribution in [3.05, 3.63) is 29.3 Å². The lowest BCUT2D eigenvalue weighted by molar-refractivity contribution is -0.165. The van der Waals surface area contributed by atoms with Crippen LogP contribution in [0.2, 0.25) is 0 Å². The number of esters is 1. The number of ether oxygens (including phenoxy) is 2. The van der Waals surface area contributed by atoms with Crippen LogP contribution in [0, 0.1) is 6.92 Å². The number of halogens is 2. The Morgan fingerprint density at radius 3 is 2.46 bits per heavy atom. The van der Waals surface area contributed by atoms with Crippen molar-refractivity contribution in [1.82, 2.24) is 0 Å². The van der Waals surface area contributed by atoms with Crippen molar-refractivity contribution in [2.24, 2.45) is 0 Å². The van der Waals surface area contributed by atoms with Crippen molar-refractivity contribution in [1.29, 1.82) is 0 Å². The van der Waals surface area contributed by atoms with Crippen LogP contribution in [0.15, 0.2) is 18.2 Å². The Labute approximate surface area is 154 Å². The first-order valence-corrected chi connectivity index (χ1v) is 9.41. The highest BCUT2D eigenvalue weighted by Gasteiger charge is 2.56. The summed E-state index contributed by atoms with van der Waals surface area (Å²) in [5.74, 6) is -2.70. The zero-order chi connectivity index (χ0) is 19.2. The summed E-state index contributed by atoms with van der Waals surface area (Å²) < 4.78 is 39.4. The molecule has 3 rings (SSSR count). The summed E-state index contributed by atoms with van der Waals surface area (Å²) in [4.78, 5) is 12.6. The van der Waals surface area contributed by atoms with Crippen molar-refractivity contribution in [2.45, 2.75) is 89.3 Å². The Bertz CT molecular complexity index is 687. The third-order valence-corrected chi connectivity index (χ3v) is 5.03. The van der Waals surface area contributed by atoms with Crippen LogP contribution >= 0.6 is 0 Å². The second-order valence-electron chi connectivity index (χ2n) is 8.79. The third kappa shape index (κ3) is 4.36. The summed E-state index contributed by atoms with van der Waals surface area (Å²) in [6.45, 7) is 7.40. The zero-order valence-corrected chi connectivity index (χ0v) is 16.0. The number of carbonyl (C=O) groups is 1. The highest BCUT2D eigenvalue weighted by Crippen LogP contribution is 2.48. The summed E-state index contributed by atoms with van der Waals surface area (Å²) >= 11 is 0. The molecule has 2 aliphatic carbocycles. The molecule has 0 saturated heterocycles. The van der Waals surface area contributed by atoms with Crippen molar-refractivity contribution < 1.29 is 23.0 Å². The Kier molecular flexibility index (Phi) is 4.78. The molecule has 1 atom stereocenters. The summed E-state index contributed by atoms with van der Waals surface area (Å²) in [5.41, 5.74) is 0.209. The van der Waals surface area contributed by atoms with Gasteiger partial charge in [-0.25, -0.2) is 13.6 Å². The van der Waals surface area contributed by atoms with Gasteiger partial charge in [0, 0.05) is 25.7 Å². The highest BCUT2D eigenvalue weighted by atomic mass is 19.3. The van der Waals surface area contributed by atoms with Crippen LogP contribution in [0.3, 0.4) is 0 Å². The van der Waals surface area contributed by atoms with E-state index < -0.39 is 17.1 Å². The summed E-state index contributed by atoms with van der Waals surface area (Å²) in [7, 11) is 0. The quantitative estimate of drug-likeness (QED) is 0.656. The van der Waals surface area contributed by atoms with Crippen LogP contribution in [0.4, 0.5) is 8.78 Å². The Morgan fingerprint density at radius 1 is 1.19 bits per heavy atom. The fourth-order valence-corrected chi connectivity index (χ4v) is 3.55. The van der Waals surface area contributed by atoms with Gasteiger partial charge in [-0.05, 0) is 63.6 Å². The van der Waals surface area contributed by atoms with Gasteiger partial charge in [0.15, 0.2) is 0 Å². The fraction of sp³-hybridized carbons (Fsp3) is 0.667. The van der Waals surface area contributed by atoms with E-state index in [-0.39, 0.29) is 24.7 Å². The van der Waals surface area contributed by atoms with E-state index in [2.05, 4.69) is 0 Å². The summed E-state index contributed by atoms with van der Waals surface area (Å²) in [5, 5.41) is 0. The molecule has 0 aromatic heterocycles. The van der Waals surface area contributed by atoms with Crippen molar-refractivity contribution in [3.63, 3.8) is 0 Å². The van der Waals surface area contributed by atoms with Crippen molar-refractivity contribution >= 4 is 5.97 Å². The van der Waals surface area contributed by atoms with Crippen LogP contribution in [0.5, 0.6) is 5.75 Å². The standard InChI is InChI=1S/C21H28F2O3/c1-14-7-8-16(15-6-5-9-21(22,23)13-15)17(12-14)25-20(10-11-20)18(24)26-19(2,3)4/h7-8,12,15H,5-6,9-11,13H2,1-4H3. The maximum absolute atomic E-state index is 13.9. The Hall–Kier alpha value is -1.65. The van der Waals surface area contributed by atoms with Crippen LogP contribution in [0.25, 0.3) is 0 Å². The normalized spacial score (nSPS) is 24.0. The smallest absolute Gasteiger partial charge is 0.351 e. The lowest BCUT2D eigenvalue weighted by atomic mass is 9.81. The van der Waals surface area contributed by atoms with E-state index in [9.17, 15) is 13.6 Å². The van der Waals surface area contributed by atoms with Crippen molar-refractivity contribution in [3.8, 4) is 5.75 Å². The molecular formula is C21H28F2O3. The van der Waals surface area contributed by atoms with Crippen LogP contribution in [-0.2, 0) is 9.53 Å². The molecule has 1 aromatic carbocycles. The maximum Gasteiger partial charge on any atom is 0.351 e. The molecule has 144 valence electrons. The SMILES string of the molecule is Cc1ccc(C2CCCC(F)(F)C2)c(OC2(C(=O)OC(C)(C)C)CC2)c1. The molecule has 5 heteroatoms. The molecule has 1 aromatic rings. The number of benzene rings is 1. The zero-order valence-electron chi connectivity index (χ0n) is 16.0. The van der Waals surface area contributed by atoms with E-state index >= 15 is 0 Å². The first-order chi connectivity index (χ1) is 12.0. The molecule has 0 bridgehead atoms. The van der Waals surface area contributed by atoms with Gasteiger partial charge in [0.05, 0.1) is 0 Å². The number of rotatable bonds is 4. The molecule has 2 aliphatic rings. The Morgan fingerprint density at radius 2 is 1.88 bits per heavy atom. The minimum Gasteiger partial charge on any atom is -0.475 e. The average Bonchev–Trinajstić information content (AvgIpc) is 3.25. The average molecular weight is 366 g/mol. The number of carbonyl (C=O) groups excluding carboxylic acids is 1. The number of aryl methyl sites for hydroxylation is 1. The molecular weight excluding hydrogens is 338 g/mol. The van der Waals surface area contributed by atoms with Gasteiger partial charge in [0.1, 0.15) is 11.4 Å². The van der Waals surface area contributed by atoms with Gasteiger partial charge >= 0.3 is 5.97 Å². The predicted octanol–water partition coefficient (Wildman–Crippen LogP) is 5.54. The van der Waals surface area contributed by atoms with E-state index in [1.165, 1.54) is 0 Å². The van der Waals surface area contributed by atoms with Gasteiger partial charge in [-0.3, -0.25) is 0 Å². The predicted molar refractivity (Wildman–Crippen MR) is 95.8 cm³/mol. The molecule has 1 unspecified atom stereocenters. The van der Waals surface area contributed by atoms with E-state index in [0.717, 1.165) is 11.1 Å². The first kappa shape index (κ1) is 19.1. The largest absolute Gasteiger partial charge is 0.475 e. The molecule has 3 nitrogen and oxygen atoms in total. The number of alkyl halides is 2. The minimum atomic E-state index is -2.63. The molecule has 0 spiro atoms.